The van der Waals surface area contributed by atoms with E-state index in [-0.39, 0.29) is 24.0 Å². The Kier molecular flexibility index (Phi) is 3.09. The maximum absolute atomic E-state index is 11.5. The largest absolute Gasteiger partial charge is 0.487 e. The van der Waals surface area contributed by atoms with Gasteiger partial charge in [-0.25, -0.2) is 9.78 Å². The van der Waals surface area contributed by atoms with Crippen LogP contribution < -0.4 is 20.1 Å². The van der Waals surface area contributed by atoms with E-state index in [0.717, 1.165) is 16.9 Å². The lowest BCUT2D eigenvalue weighted by atomic mass is 10.1. The quantitative estimate of drug-likeness (QED) is 0.781. The maximum Gasteiger partial charge on any atom is 0.405 e. The molecule has 1 aliphatic carbocycles. The molecule has 132 valence electrons. The molecular weight excluding hydrogens is 338 g/mol. The second kappa shape index (κ2) is 5.35. The second-order valence-electron chi connectivity index (χ2n) is 6.57. The molecule has 2 amide bonds. The van der Waals surface area contributed by atoms with Gasteiger partial charge in [-0.05, 0) is 30.7 Å². The predicted molar refractivity (Wildman–Crippen MR) is 89.8 cm³/mol. The Morgan fingerprint density at radius 3 is 3.08 bits per heavy atom. The van der Waals surface area contributed by atoms with E-state index in [9.17, 15) is 9.59 Å². The molecule has 3 N–H and O–H groups in total. The summed E-state index contributed by atoms with van der Waals surface area (Å²) in [4.78, 5) is 26.5. The molecule has 3 atom stereocenters. The molecule has 2 aliphatic heterocycles. The van der Waals surface area contributed by atoms with Gasteiger partial charge in [0.25, 0.3) is 0 Å². The Morgan fingerprint density at radius 1 is 1.35 bits per heavy atom. The molecule has 0 bridgehead atoms. The van der Waals surface area contributed by atoms with Gasteiger partial charge in [-0.3, -0.25) is 4.79 Å². The molecule has 8 nitrogen and oxygen atoms in total. The summed E-state index contributed by atoms with van der Waals surface area (Å²) in [5, 5.41) is 14.1. The normalized spacial score (nSPS) is 24.5. The molecule has 1 aromatic carbocycles. The summed E-state index contributed by atoms with van der Waals surface area (Å²) < 4.78 is 11.8. The summed E-state index contributed by atoms with van der Waals surface area (Å²) >= 11 is 0. The number of carbonyl (C=O) groups excluding carboxylic acids is 1. The minimum atomic E-state index is -1.05. The first-order valence-electron chi connectivity index (χ1n) is 8.36. The first-order chi connectivity index (χ1) is 12.6. The summed E-state index contributed by atoms with van der Waals surface area (Å²) in [5.74, 6) is 2.57. The van der Waals surface area contributed by atoms with Crippen LogP contribution in [-0.2, 0) is 11.2 Å². The van der Waals surface area contributed by atoms with Crippen LogP contribution >= 0.6 is 0 Å². The Balaban J connectivity index is 1.40. The molecule has 8 heteroatoms. The van der Waals surface area contributed by atoms with Crippen molar-refractivity contribution in [2.45, 2.75) is 30.9 Å². The number of pyridine rings is 1. The highest BCUT2D eigenvalue weighted by Crippen LogP contribution is 2.54. The van der Waals surface area contributed by atoms with Crippen molar-refractivity contribution < 1.29 is 24.2 Å². The van der Waals surface area contributed by atoms with Gasteiger partial charge in [-0.2, -0.15) is 0 Å². The topological polar surface area (TPSA) is 110 Å². The number of carboxylic acid groups (broad SMARTS) is 1. The SMILES string of the molecule is O=C(O)N[C@@H]1[C@H]2Oc3ccc(Oc4ccnc5c4CCC(=O)N5)cc3[C@@H]12. The van der Waals surface area contributed by atoms with E-state index in [1.165, 1.54) is 0 Å². The van der Waals surface area contributed by atoms with Gasteiger partial charge in [0.15, 0.2) is 0 Å². The number of rotatable bonds is 3. The van der Waals surface area contributed by atoms with Crippen molar-refractivity contribution in [2.24, 2.45) is 0 Å². The number of benzene rings is 1. The first kappa shape index (κ1) is 15.0. The Hall–Kier alpha value is -3.29. The third-order valence-electron chi connectivity index (χ3n) is 4.95. The number of nitrogens with zero attached hydrogens (tertiary/aromatic N) is 1. The van der Waals surface area contributed by atoms with E-state index < -0.39 is 6.09 Å². The van der Waals surface area contributed by atoms with E-state index in [4.69, 9.17) is 14.6 Å². The summed E-state index contributed by atoms with van der Waals surface area (Å²) in [6.45, 7) is 0. The molecule has 3 aliphatic rings. The number of nitrogens with one attached hydrogen (secondary N) is 2. The number of aromatic nitrogens is 1. The summed E-state index contributed by atoms with van der Waals surface area (Å²) in [6.07, 6.45) is 1.39. The highest BCUT2D eigenvalue weighted by atomic mass is 16.5. The molecule has 0 unspecified atom stereocenters. The van der Waals surface area contributed by atoms with Crippen molar-refractivity contribution in [1.82, 2.24) is 10.3 Å². The van der Waals surface area contributed by atoms with Gasteiger partial charge in [0.1, 0.15) is 29.2 Å². The van der Waals surface area contributed by atoms with Gasteiger partial charge in [-0.15, -0.1) is 0 Å². The van der Waals surface area contributed by atoms with Crippen LogP contribution in [0.25, 0.3) is 0 Å². The first-order valence-corrected chi connectivity index (χ1v) is 8.36. The average molecular weight is 353 g/mol. The van der Waals surface area contributed by atoms with Crippen LogP contribution in [0.1, 0.15) is 23.5 Å². The second-order valence-corrected chi connectivity index (χ2v) is 6.57. The number of ether oxygens (including phenoxy) is 2. The number of carbonyl (C=O) groups is 2. The van der Waals surface area contributed by atoms with Crippen molar-refractivity contribution in [3.8, 4) is 17.2 Å². The molecule has 1 fully saturated rings. The van der Waals surface area contributed by atoms with Gasteiger partial charge >= 0.3 is 6.09 Å². The number of hydrogen-bond donors (Lipinski definition) is 3. The summed E-state index contributed by atoms with van der Waals surface area (Å²) in [5.41, 5.74) is 1.82. The monoisotopic (exact) mass is 353 g/mol. The van der Waals surface area contributed by atoms with Crippen LogP contribution in [-0.4, -0.2) is 34.2 Å². The van der Waals surface area contributed by atoms with Gasteiger partial charge in [-0.1, -0.05) is 0 Å². The number of hydrogen-bond acceptors (Lipinski definition) is 5. The van der Waals surface area contributed by atoms with E-state index in [2.05, 4.69) is 15.6 Å². The molecule has 2 aromatic rings. The van der Waals surface area contributed by atoms with E-state index in [0.29, 0.717) is 30.2 Å². The van der Waals surface area contributed by atoms with Crippen molar-refractivity contribution in [3.63, 3.8) is 0 Å². The lowest BCUT2D eigenvalue weighted by Gasteiger charge is -2.19. The molecule has 0 radical (unpaired) electrons. The van der Waals surface area contributed by atoms with E-state index in [1.807, 2.05) is 18.2 Å². The van der Waals surface area contributed by atoms with E-state index in [1.54, 1.807) is 12.3 Å². The average Bonchev–Trinajstić information content (AvgIpc) is 3.11. The van der Waals surface area contributed by atoms with Crippen molar-refractivity contribution in [3.05, 3.63) is 41.6 Å². The lowest BCUT2D eigenvalue weighted by Crippen LogP contribution is -2.28. The minimum absolute atomic E-state index is 0.0234. The Morgan fingerprint density at radius 2 is 2.23 bits per heavy atom. The molecule has 5 rings (SSSR count). The van der Waals surface area contributed by atoms with Crippen molar-refractivity contribution in [2.75, 3.05) is 5.32 Å². The molecule has 1 aromatic heterocycles. The third kappa shape index (κ3) is 2.33. The van der Waals surface area contributed by atoms with Crippen LogP contribution in [0.15, 0.2) is 30.5 Å². The van der Waals surface area contributed by atoms with Crippen molar-refractivity contribution >= 4 is 17.8 Å². The van der Waals surface area contributed by atoms with Gasteiger partial charge < -0.3 is 25.2 Å². The fourth-order valence-corrected chi connectivity index (χ4v) is 3.70. The highest BCUT2D eigenvalue weighted by molar-refractivity contribution is 5.93. The van der Waals surface area contributed by atoms with Crippen LogP contribution in [0.3, 0.4) is 0 Å². The van der Waals surface area contributed by atoms with Crippen LogP contribution in [0.5, 0.6) is 17.2 Å². The predicted octanol–water partition coefficient (Wildman–Crippen LogP) is 2.25. The van der Waals surface area contributed by atoms with Gasteiger partial charge in [0.05, 0.1) is 12.0 Å². The summed E-state index contributed by atoms with van der Waals surface area (Å²) in [7, 11) is 0. The molecular formula is C18H15N3O5. The third-order valence-corrected chi connectivity index (χ3v) is 4.95. The van der Waals surface area contributed by atoms with Crippen LogP contribution in [0.4, 0.5) is 10.6 Å². The number of fused-ring (bicyclic) bond motifs is 4. The number of anilines is 1. The summed E-state index contributed by atoms with van der Waals surface area (Å²) in [6, 6.07) is 7.10. The minimum Gasteiger partial charge on any atom is -0.487 e. The maximum atomic E-state index is 11.5. The standard InChI is InChI=1S/C18H15N3O5/c22-13-4-2-9-12(5-6-19-17(9)20-13)25-8-1-3-11-10(7-8)14-15(16(14)26-11)21-18(23)24/h1,3,5-7,14-16,21H,2,4H2,(H,23,24)(H,19,20,22)/t14-,15-,16-/m0/s1. The van der Waals surface area contributed by atoms with Crippen molar-refractivity contribution in [1.29, 1.82) is 0 Å². The van der Waals surface area contributed by atoms with Crippen LogP contribution in [0.2, 0.25) is 0 Å². The van der Waals surface area contributed by atoms with Gasteiger partial charge in [0.2, 0.25) is 5.91 Å². The van der Waals surface area contributed by atoms with E-state index >= 15 is 0 Å². The molecule has 26 heavy (non-hydrogen) atoms. The highest BCUT2D eigenvalue weighted by Gasteiger charge is 2.59. The zero-order chi connectivity index (χ0) is 17.8. The lowest BCUT2D eigenvalue weighted by molar-refractivity contribution is -0.116. The molecule has 0 saturated heterocycles. The Labute approximate surface area is 148 Å². The smallest absolute Gasteiger partial charge is 0.405 e. The number of amides is 2. The van der Waals surface area contributed by atoms with Crippen LogP contribution in [0, 0.1) is 0 Å². The zero-order valence-corrected chi connectivity index (χ0v) is 13.6. The molecule has 1 saturated carbocycles. The fourth-order valence-electron chi connectivity index (χ4n) is 3.70. The molecule has 3 heterocycles. The zero-order valence-electron chi connectivity index (χ0n) is 13.6. The Bertz CT molecular complexity index is 944. The van der Waals surface area contributed by atoms with Gasteiger partial charge in [0, 0.05) is 23.7 Å². The fraction of sp³-hybridized carbons (Fsp3) is 0.278. The molecule has 0 spiro atoms.